The number of nitrogens with zero attached hydrogens (tertiary/aromatic N) is 3. The van der Waals surface area contributed by atoms with Gasteiger partial charge in [-0.05, 0) is 79.8 Å². The molecule has 1 fully saturated rings. The van der Waals surface area contributed by atoms with Gasteiger partial charge in [0.2, 0.25) is 5.88 Å². The molecule has 1 aliphatic rings. The number of pyridine rings is 1. The van der Waals surface area contributed by atoms with E-state index in [2.05, 4.69) is 15.2 Å². The summed E-state index contributed by atoms with van der Waals surface area (Å²) in [6.07, 6.45) is 0.00328. The standard InChI is InChI=1S/C26H24ClF3N4OS/c1-35-24-10-9-22(25(27)32-24)31-19-7-8-21-17(15-33-11-2-3-12-33)16-34(23(21)14-19)36-20-6-4-5-18(13-20)26(28,29)30/h4-10,13-14,16,31H,2-3,11-12,15H2,1H3. The van der Waals surface area contributed by atoms with E-state index >= 15 is 0 Å². The summed E-state index contributed by atoms with van der Waals surface area (Å²) in [5.74, 6) is 0.416. The molecule has 0 bridgehead atoms. The quantitative estimate of drug-likeness (QED) is 0.248. The fraction of sp³-hybridized carbons (Fsp3) is 0.269. The van der Waals surface area contributed by atoms with Crippen molar-refractivity contribution in [3.8, 4) is 5.88 Å². The van der Waals surface area contributed by atoms with Crippen LogP contribution in [0.1, 0.15) is 24.0 Å². The molecule has 0 atom stereocenters. The molecule has 0 radical (unpaired) electrons. The zero-order valence-electron chi connectivity index (χ0n) is 19.5. The van der Waals surface area contributed by atoms with Gasteiger partial charge in [0.1, 0.15) is 0 Å². The average molecular weight is 533 g/mol. The Kier molecular flexibility index (Phi) is 7.05. The number of hydrogen-bond donors (Lipinski definition) is 1. The van der Waals surface area contributed by atoms with E-state index in [1.54, 1.807) is 18.2 Å². The number of methoxy groups -OCH3 is 1. The predicted octanol–water partition coefficient (Wildman–Crippen LogP) is 7.61. The molecule has 1 N–H and O–H groups in total. The number of ether oxygens (including phenoxy) is 1. The molecule has 2 aromatic heterocycles. The van der Waals surface area contributed by atoms with E-state index in [0.717, 1.165) is 47.9 Å². The predicted molar refractivity (Wildman–Crippen MR) is 138 cm³/mol. The average Bonchev–Trinajstić information content (AvgIpc) is 3.48. The van der Waals surface area contributed by atoms with Crippen molar-refractivity contribution >= 4 is 45.8 Å². The molecule has 0 amide bonds. The van der Waals surface area contributed by atoms with Crippen LogP contribution < -0.4 is 10.1 Å². The first-order valence-electron chi connectivity index (χ1n) is 11.5. The van der Waals surface area contributed by atoms with Crippen LogP contribution in [0.25, 0.3) is 10.9 Å². The second-order valence-corrected chi connectivity index (χ2v) is 10.0. The number of hydrogen-bond acceptors (Lipinski definition) is 5. The second kappa shape index (κ2) is 10.2. The van der Waals surface area contributed by atoms with Crippen molar-refractivity contribution in [3.05, 3.63) is 77.1 Å². The van der Waals surface area contributed by atoms with Gasteiger partial charge in [-0.1, -0.05) is 23.7 Å². The number of halogens is 4. The Balaban J connectivity index is 1.51. The molecule has 4 aromatic rings. The molecule has 10 heteroatoms. The first-order chi connectivity index (χ1) is 17.3. The molecule has 0 saturated carbocycles. The third kappa shape index (κ3) is 5.43. The van der Waals surface area contributed by atoms with E-state index in [4.69, 9.17) is 16.3 Å². The van der Waals surface area contributed by atoms with Gasteiger partial charge < -0.3 is 10.1 Å². The summed E-state index contributed by atoms with van der Waals surface area (Å²) < 4.78 is 46.9. The summed E-state index contributed by atoms with van der Waals surface area (Å²) in [7, 11) is 1.52. The van der Waals surface area contributed by atoms with Crippen LogP contribution in [0.4, 0.5) is 24.5 Å². The number of alkyl halides is 3. The topological polar surface area (TPSA) is 42.3 Å². The van der Waals surface area contributed by atoms with Gasteiger partial charge in [-0.25, -0.2) is 0 Å². The summed E-state index contributed by atoms with van der Waals surface area (Å²) in [5, 5.41) is 4.62. The zero-order valence-corrected chi connectivity index (χ0v) is 21.1. The van der Waals surface area contributed by atoms with Gasteiger partial charge in [0.05, 0.1) is 23.9 Å². The minimum Gasteiger partial charge on any atom is -0.481 e. The maximum Gasteiger partial charge on any atom is 0.416 e. The minimum atomic E-state index is -4.39. The minimum absolute atomic E-state index is 0.276. The van der Waals surface area contributed by atoms with Crippen molar-refractivity contribution in [2.75, 3.05) is 25.5 Å². The van der Waals surface area contributed by atoms with Gasteiger partial charge >= 0.3 is 6.18 Å². The van der Waals surface area contributed by atoms with E-state index in [1.165, 1.54) is 44.0 Å². The van der Waals surface area contributed by atoms with Crippen molar-refractivity contribution in [1.82, 2.24) is 13.9 Å². The van der Waals surface area contributed by atoms with E-state index in [9.17, 15) is 13.2 Å². The Morgan fingerprint density at radius 2 is 1.89 bits per heavy atom. The summed E-state index contributed by atoms with van der Waals surface area (Å²) in [6.45, 7) is 2.90. The summed E-state index contributed by atoms with van der Waals surface area (Å²) >= 11 is 7.57. The molecular weight excluding hydrogens is 509 g/mol. The van der Waals surface area contributed by atoms with Crippen molar-refractivity contribution < 1.29 is 17.9 Å². The highest BCUT2D eigenvalue weighted by atomic mass is 35.5. The molecule has 0 spiro atoms. The largest absolute Gasteiger partial charge is 0.481 e. The zero-order chi connectivity index (χ0) is 25.3. The molecule has 5 rings (SSSR count). The van der Waals surface area contributed by atoms with Crippen molar-refractivity contribution in [3.63, 3.8) is 0 Å². The lowest BCUT2D eigenvalue weighted by molar-refractivity contribution is -0.137. The van der Waals surface area contributed by atoms with Crippen LogP contribution in [0.15, 0.2) is 65.7 Å². The molecule has 188 valence electrons. The maximum atomic E-state index is 13.3. The number of anilines is 2. The van der Waals surface area contributed by atoms with Crippen LogP contribution in [0.2, 0.25) is 5.15 Å². The summed E-state index contributed by atoms with van der Waals surface area (Å²) in [6, 6.07) is 14.9. The number of aromatic nitrogens is 2. The molecule has 1 saturated heterocycles. The number of rotatable bonds is 7. The van der Waals surface area contributed by atoms with Crippen LogP contribution >= 0.6 is 23.5 Å². The fourth-order valence-corrected chi connectivity index (χ4v) is 5.52. The van der Waals surface area contributed by atoms with Crippen LogP contribution in [-0.2, 0) is 12.7 Å². The van der Waals surface area contributed by atoms with Crippen LogP contribution in [0.5, 0.6) is 5.88 Å². The van der Waals surface area contributed by atoms with E-state index < -0.39 is 11.7 Å². The van der Waals surface area contributed by atoms with Gasteiger partial charge in [0.25, 0.3) is 0 Å². The Bertz CT molecular complexity index is 1390. The monoisotopic (exact) mass is 532 g/mol. The van der Waals surface area contributed by atoms with Crippen LogP contribution in [0, 0.1) is 0 Å². The highest BCUT2D eigenvalue weighted by molar-refractivity contribution is 7.98. The first kappa shape index (κ1) is 24.8. The van der Waals surface area contributed by atoms with Crippen molar-refractivity contribution in [2.45, 2.75) is 30.5 Å². The number of benzene rings is 2. The lowest BCUT2D eigenvalue weighted by Gasteiger charge is -2.13. The van der Waals surface area contributed by atoms with Crippen molar-refractivity contribution in [1.29, 1.82) is 0 Å². The fourth-order valence-electron chi connectivity index (χ4n) is 4.35. The molecule has 1 aliphatic heterocycles. The lowest BCUT2D eigenvalue weighted by atomic mass is 10.1. The molecule has 0 unspecified atom stereocenters. The third-order valence-corrected chi connectivity index (χ3v) is 7.37. The number of nitrogens with one attached hydrogen (secondary N) is 1. The van der Waals surface area contributed by atoms with Crippen LogP contribution in [0.3, 0.4) is 0 Å². The smallest absolute Gasteiger partial charge is 0.416 e. The lowest BCUT2D eigenvalue weighted by Crippen LogP contribution is -2.18. The SMILES string of the molecule is COc1ccc(Nc2ccc3c(CN4CCCC4)cn(Sc4cccc(C(F)(F)F)c4)c3c2)c(Cl)n1. The molecule has 2 aromatic carbocycles. The van der Waals surface area contributed by atoms with Gasteiger partial charge in [0, 0.05) is 34.8 Å². The van der Waals surface area contributed by atoms with Crippen molar-refractivity contribution in [2.24, 2.45) is 0 Å². The Labute approximate surface area is 216 Å². The molecule has 5 nitrogen and oxygen atoms in total. The number of fused-ring (bicyclic) bond motifs is 1. The van der Waals surface area contributed by atoms with Gasteiger partial charge in [-0.3, -0.25) is 8.87 Å². The van der Waals surface area contributed by atoms with Gasteiger partial charge in [-0.15, -0.1) is 0 Å². The highest BCUT2D eigenvalue weighted by Crippen LogP contribution is 2.36. The molecular formula is C26H24ClF3N4OS. The van der Waals surface area contributed by atoms with E-state index in [0.29, 0.717) is 16.5 Å². The molecule has 0 aliphatic carbocycles. The number of likely N-dealkylation sites (tertiary alicyclic amines) is 1. The van der Waals surface area contributed by atoms with E-state index in [1.807, 2.05) is 28.4 Å². The first-order valence-corrected chi connectivity index (χ1v) is 12.6. The van der Waals surface area contributed by atoms with Gasteiger partial charge in [0.15, 0.2) is 5.15 Å². The molecule has 3 heterocycles. The molecule has 36 heavy (non-hydrogen) atoms. The third-order valence-electron chi connectivity index (χ3n) is 6.12. The Hall–Kier alpha value is -2.88. The highest BCUT2D eigenvalue weighted by Gasteiger charge is 2.30. The second-order valence-electron chi connectivity index (χ2n) is 8.63. The van der Waals surface area contributed by atoms with Crippen LogP contribution in [-0.4, -0.2) is 34.1 Å². The normalized spacial score (nSPS) is 14.5. The summed E-state index contributed by atoms with van der Waals surface area (Å²) in [4.78, 5) is 7.10. The maximum absolute atomic E-state index is 13.3. The Morgan fingerprint density at radius 1 is 1.08 bits per heavy atom. The summed E-state index contributed by atoms with van der Waals surface area (Å²) in [5.41, 5.74) is 2.78. The Morgan fingerprint density at radius 3 is 2.61 bits per heavy atom. The van der Waals surface area contributed by atoms with E-state index in [-0.39, 0.29) is 5.15 Å². The van der Waals surface area contributed by atoms with Gasteiger partial charge in [-0.2, -0.15) is 18.2 Å².